The Bertz CT molecular complexity index is 546. The van der Waals surface area contributed by atoms with Crippen LogP contribution in [0.4, 0.5) is 0 Å². The molecule has 0 atom stereocenters. The molecule has 0 bridgehead atoms. The lowest BCUT2D eigenvalue weighted by Gasteiger charge is -2.05. The van der Waals surface area contributed by atoms with Gasteiger partial charge in [0.05, 0.1) is 26.1 Å². The summed E-state index contributed by atoms with van der Waals surface area (Å²) in [5.74, 6) is -0.249. The summed E-state index contributed by atoms with van der Waals surface area (Å²) in [4.78, 5) is 23.3. The van der Waals surface area contributed by atoms with E-state index in [1.807, 2.05) is 18.2 Å². The summed E-state index contributed by atoms with van der Waals surface area (Å²) < 4.78 is 9.98. The summed E-state index contributed by atoms with van der Waals surface area (Å²) in [5, 5.41) is 0. The molecule has 0 amide bonds. The van der Waals surface area contributed by atoms with Crippen LogP contribution in [0.1, 0.15) is 16.2 Å². The predicted molar refractivity (Wildman–Crippen MR) is 66.8 cm³/mol. The van der Waals surface area contributed by atoms with E-state index in [2.05, 4.69) is 19.7 Å². The van der Waals surface area contributed by atoms with Crippen molar-refractivity contribution in [2.24, 2.45) is 0 Å². The molecule has 0 aliphatic heterocycles. The Hall–Kier alpha value is -2.50. The van der Waals surface area contributed by atoms with Gasteiger partial charge in [-0.3, -0.25) is 9.97 Å². The highest BCUT2D eigenvalue weighted by Gasteiger charge is 2.08. The second kappa shape index (κ2) is 6.44. The minimum Gasteiger partial charge on any atom is -0.476 e. The number of ether oxygens (including phenoxy) is 2. The van der Waals surface area contributed by atoms with E-state index in [-0.39, 0.29) is 5.69 Å². The lowest BCUT2D eigenvalue weighted by atomic mass is 10.3. The Morgan fingerprint density at radius 1 is 1.32 bits per heavy atom. The Kier molecular flexibility index (Phi) is 4.39. The largest absolute Gasteiger partial charge is 0.476 e. The number of pyridine rings is 1. The topological polar surface area (TPSA) is 74.2 Å². The van der Waals surface area contributed by atoms with E-state index < -0.39 is 5.97 Å². The summed E-state index contributed by atoms with van der Waals surface area (Å²) in [6, 6.07) is 5.69. The molecule has 0 saturated carbocycles. The van der Waals surface area contributed by atoms with Crippen LogP contribution >= 0.6 is 0 Å². The van der Waals surface area contributed by atoms with E-state index in [1.165, 1.54) is 19.5 Å². The average molecular weight is 259 g/mol. The van der Waals surface area contributed by atoms with Gasteiger partial charge in [-0.1, -0.05) is 6.07 Å². The SMILES string of the molecule is COC(=O)c1cncc(OCCc2ccccn2)n1. The Balaban J connectivity index is 1.91. The Morgan fingerprint density at radius 2 is 2.21 bits per heavy atom. The van der Waals surface area contributed by atoms with Gasteiger partial charge < -0.3 is 9.47 Å². The van der Waals surface area contributed by atoms with Gasteiger partial charge in [-0.15, -0.1) is 0 Å². The van der Waals surface area contributed by atoms with Gasteiger partial charge in [0.2, 0.25) is 5.88 Å². The summed E-state index contributed by atoms with van der Waals surface area (Å²) in [5.41, 5.74) is 1.05. The number of hydrogen-bond donors (Lipinski definition) is 0. The molecule has 2 rings (SSSR count). The molecule has 0 radical (unpaired) electrons. The average Bonchev–Trinajstić information content (AvgIpc) is 2.48. The van der Waals surface area contributed by atoms with Crippen molar-refractivity contribution in [3.63, 3.8) is 0 Å². The molecule has 0 N–H and O–H groups in total. The molecule has 19 heavy (non-hydrogen) atoms. The summed E-state index contributed by atoms with van der Waals surface area (Å²) in [6.45, 7) is 0.413. The summed E-state index contributed by atoms with van der Waals surface area (Å²) in [7, 11) is 1.29. The van der Waals surface area contributed by atoms with Crippen molar-refractivity contribution in [3.8, 4) is 5.88 Å². The van der Waals surface area contributed by atoms with Crippen LogP contribution in [0.5, 0.6) is 5.88 Å². The minimum absolute atomic E-state index is 0.123. The fraction of sp³-hybridized carbons (Fsp3) is 0.231. The molecule has 2 aromatic rings. The van der Waals surface area contributed by atoms with Crippen LogP contribution in [0.2, 0.25) is 0 Å². The molecule has 6 nitrogen and oxygen atoms in total. The zero-order chi connectivity index (χ0) is 13.5. The summed E-state index contributed by atoms with van der Waals surface area (Å²) >= 11 is 0. The van der Waals surface area contributed by atoms with Crippen LogP contribution in [0, 0.1) is 0 Å². The third-order valence-electron chi connectivity index (χ3n) is 2.34. The second-order valence-corrected chi connectivity index (χ2v) is 3.65. The van der Waals surface area contributed by atoms with Gasteiger partial charge >= 0.3 is 5.97 Å². The predicted octanol–water partition coefficient (Wildman–Crippen LogP) is 1.28. The van der Waals surface area contributed by atoms with E-state index in [9.17, 15) is 4.79 Å². The van der Waals surface area contributed by atoms with Crippen molar-refractivity contribution in [3.05, 3.63) is 48.2 Å². The molecule has 0 fully saturated rings. The number of carbonyl (C=O) groups excluding carboxylic acids is 1. The normalized spacial score (nSPS) is 9.95. The van der Waals surface area contributed by atoms with Crippen molar-refractivity contribution in [1.29, 1.82) is 0 Å². The number of carbonyl (C=O) groups is 1. The second-order valence-electron chi connectivity index (χ2n) is 3.65. The van der Waals surface area contributed by atoms with E-state index in [0.717, 1.165) is 5.69 Å². The van der Waals surface area contributed by atoms with Crippen LogP contribution in [-0.4, -0.2) is 34.6 Å². The zero-order valence-electron chi connectivity index (χ0n) is 10.4. The number of rotatable bonds is 5. The van der Waals surface area contributed by atoms with Crippen LogP contribution in [0.3, 0.4) is 0 Å². The van der Waals surface area contributed by atoms with Gasteiger partial charge in [0, 0.05) is 18.3 Å². The van der Waals surface area contributed by atoms with Gasteiger partial charge in [-0.05, 0) is 12.1 Å². The molecule has 6 heteroatoms. The van der Waals surface area contributed by atoms with E-state index in [4.69, 9.17) is 4.74 Å². The monoisotopic (exact) mass is 259 g/mol. The first kappa shape index (κ1) is 12.9. The number of nitrogens with zero attached hydrogens (tertiary/aromatic N) is 3. The fourth-order valence-corrected chi connectivity index (χ4v) is 1.43. The van der Waals surface area contributed by atoms with E-state index >= 15 is 0 Å². The smallest absolute Gasteiger partial charge is 0.358 e. The zero-order valence-corrected chi connectivity index (χ0v) is 10.4. The molecule has 98 valence electrons. The highest BCUT2D eigenvalue weighted by atomic mass is 16.5. The van der Waals surface area contributed by atoms with Gasteiger partial charge in [0.1, 0.15) is 0 Å². The van der Waals surface area contributed by atoms with Crippen molar-refractivity contribution < 1.29 is 14.3 Å². The van der Waals surface area contributed by atoms with Crippen LogP contribution < -0.4 is 4.74 Å². The maximum Gasteiger partial charge on any atom is 0.358 e. The summed E-state index contributed by atoms with van der Waals surface area (Å²) in [6.07, 6.45) is 5.17. The van der Waals surface area contributed by atoms with Gasteiger partial charge in [0.15, 0.2) is 5.69 Å². The lowest BCUT2D eigenvalue weighted by molar-refractivity contribution is 0.0592. The highest BCUT2D eigenvalue weighted by molar-refractivity contribution is 5.86. The Morgan fingerprint density at radius 3 is 2.95 bits per heavy atom. The first-order valence-corrected chi connectivity index (χ1v) is 5.72. The van der Waals surface area contributed by atoms with E-state index in [0.29, 0.717) is 18.9 Å². The van der Waals surface area contributed by atoms with Crippen LogP contribution in [0.25, 0.3) is 0 Å². The first-order chi connectivity index (χ1) is 9.29. The molecule has 2 heterocycles. The third kappa shape index (κ3) is 3.74. The van der Waals surface area contributed by atoms with Gasteiger partial charge in [-0.2, -0.15) is 0 Å². The molecular formula is C13H13N3O3. The molecule has 0 aromatic carbocycles. The molecule has 0 aliphatic carbocycles. The van der Waals surface area contributed by atoms with Crippen molar-refractivity contribution in [1.82, 2.24) is 15.0 Å². The molecule has 0 unspecified atom stereocenters. The third-order valence-corrected chi connectivity index (χ3v) is 2.34. The maximum atomic E-state index is 11.3. The number of aromatic nitrogens is 3. The molecule has 0 aliphatic rings. The molecule has 0 spiro atoms. The quantitative estimate of drug-likeness (QED) is 0.753. The lowest BCUT2D eigenvalue weighted by Crippen LogP contribution is -2.08. The van der Waals surface area contributed by atoms with Crippen LogP contribution in [0.15, 0.2) is 36.8 Å². The van der Waals surface area contributed by atoms with Gasteiger partial charge in [0.25, 0.3) is 0 Å². The molecule has 0 saturated heterocycles. The fourth-order valence-electron chi connectivity index (χ4n) is 1.43. The first-order valence-electron chi connectivity index (χ1n) is 5.72. The molecule has 2 aromatic heterocycles. The molecular weight excluding hydrogens is 246 g/mol. The number of hydrogen-bond acceptors (Lipinski definition) is 6. The van der Waals surface area contributed by atoms with E-state index in [1.54, 1.807) is 6.20 Å². The van der Waals surface area contributed by atoms with Crippen molar-refractivity contribution in [2.75, 3.05) is 13.7 Å². The minimum atomic E-state index is -0.539. The van der Waals surface area contributed by atoms with Crippen molar-refractivity contribution >= 4 is 5.97 Å². The maximum absolute atomic E-state index is 11.3. The number of esters is 1. The Labute approximate surface area is 110 Å². The highest BCUT2D eigenvalue weighted by Crippen LogP contribution is 2.06. The van der Waals surface area contributed by atoms with Gasteiger partial charge in [-0.25, -0.2) is 9.78 Å². The van der Waals surface area contributed by atoms with Crippen molar-refractivity contribution in [2.45, 2.75) is 6.42 Å². The van der Waals surface area contributed by atoms with Crippen LogP contribution in [-0.2, 0) is 11.2 Å². The standard InChI is InChI=1S/C13H13N3O3/c1-18-13(17)11-8-14-9-12(16-11)19-7-5-10-4-2-3-6-15-10/h2-4,6,8-9H,5,7H2,1H3. The number of methoxy groups -OCH3 is 1.